The number of aromatic nitrogens is 2. The van der Waals surface area contributed by atoms with Crippen LogP contribution in [0.3, 0.4) is 0 Å². The van der Waals surface area contributed by atoms with E-state index in [1.165, 1.54) is 0 Å². The van der Waals surface area contributed by atoms with Gasteiger partial charge >= 0.3 is 0 Å². The first-order valence-corrected chi connectivity index (χ1v) is 7.72. The van der Waals surface area contributed by atoms with Crippen LogP contribution in [-0.4, -0.2) is 39.9 Å². The fourth-order valence-corrected chi connectivity index (χ4v) is 2.60. The van der Waals surface area contributed by atoms with E-state index in [0.717, 1.165) is 31.6 Å². The lowest BCUT2D eigenvalue weighted by molar-refractivity contribution is -0.122. The standard InChI is InChI=1S/C17H24N4O/c1-5-9-21-10-7-6-8-14(21)15(22)20-13-11-18-16(19-12-13)17(2,3)4/h1,11-12,14H,6-10H2,2-4H3,(H,20,22). The highest BCUT2D eigenvalue weighted by molar-refractivity contribution is 5.94. The highest BCUT2D eigenvalue weighted by atomic mass is 16.2. The number of rotatable bonds is 3. The third kappa shape index (κ3) is 4.05. The zero-order valence-corrected chi connectivity index (χ0v) is 13.6. The minimum Gasteiger partial charge on any atom is -0.322 e. The molecule has 0 radical (unpaired) electrons. The number of amides is 1. The molecule has 2 rings (SSSR count). The fourth-order valence-electron chi connectivity index (χ4n) is 2.60. The Morgan fingerprint density at radius 2 is 2.09 bits per heavy atom. The van der Waals surface area contributed by atoms with Gasteiger partial charge in [-0.05, 0) is 19.4 Å². The Kier molecular flexibility index (Phi) is 5.15. The lowest BCUT2D eigenvalue weighted by atomic mass is 9.96. The van der Waals surface area contributed by atoms with E-state index in [4.69, 9.17) is 6.42 Å². The summed E-state index contributed by atoms with van der Waals surface area (Å²) in [5.74, 6) is 3.37. The summed E-state index contributed by atoms with van der Waals surface area (Å²) < 4.78 is 0. The van der Waals surface area contributed by atoms with Crippen molar-refractivity contribution < 1.29 is 4.79 Å². The van der Waals surface area contributed by atoms with Gasteiger partial charge in [0.2, 0.25) is 5.91 Å². The van der Waals surface area contributed by atoms with Crippen molar-refractivity contribution >= 4 is 11.6 Å². The molecule has 1 aliphatic heterocycles. The van der Waals surface area contributed by atoms with Crippen LogP contribution in [0.15, 0.2) is 12.4 Å². The van der Waals surface area contributed by atoms with Crippen molar-refractivity contribution in [3.63, 3.8) is 0 Å². The zero-order valence-electron chi connectivity index (χ0n) is 13.6. The minimum atomic E-state index is -0.160. The normalized spacial score (nSPS) is 19.5. The third-order valence-electron chi connectivity index (χ3n) is 3.80. The molecule has 5 heteroatoms. The van der Waals surface area contributed by atoms with E-state index >= 15 is 0 Å². The van der Waals surface area contributed by atoms with Crippen LogP contribution in [0.2, 0.25) is 0 Å². The number of likely N-dealkylation sites (tertiary alicyclic amines) is 1. The fraction of sp³-hybridized carbons (Fsp3) is 0.588. The summed E-state index contributed by atoms with van der Waals surface area (Å²) in [6, 6.07) is -0.160. The van der Waals surface area contributed by atoms with Gasteiger partial charge in [0, 0.05) is 5.41 Å². The topological polar surface area (TPSA) is 58.1 Å². The van der Waals surface area contributed by atoms with Gasteiger partial charge in [-0.25, -0.2) is 9.97 Å². The molecule has 1 fully saturated rings. The van der Waals surface area contributed by atoms with Crippen LogP contribution in [0, 0.1) is 12.3 Å². The molecule has 0 aliphatic carbocycles. The number of nitrogens with zero attached hydrogens (tertiary/aromatic N) is 3. The highest BCUT2D eigenvalue weighted by Crippen LogP contribution is 2.20. The molecule has 1 aliphatic rings. The van der Waals surface area contributed by atoms with Crippen molar-refractivity contribution in [3.8, 4) is 12.3 Å². The number of terminal acetylenes is 1. The average Bonchev–Trinajstić information content (AvgIpc) is 2.47. The van der Waals surface area contributed by atoms with Crippen LogP contribution >= 0.6 is 0 Å². The average molecular weight is 300 g/mol. The lowest BCUT2D eigenvalue weighted by Gasteiger charge is -2.33. The summed E-state index contributed by atoms with van der Waals surface area (Å²) in [5.41, 5.74) is 0.527. The van der Waals surface area contributed by atoms with Gasteiger partial charge in [-0.1, -0.05) is 33.1 Å². The van der Waals surface area contributed by atoms with Gasteiger partial charge in [0.15, 0.2) is 0 Å². The van der Waals surface area contributed by atoms with Crippen molar-refractivity contribution in [3.05, 3.63) is 18.2 Å². The van der Waals surface area contributed by atoms with E-state index in [9.17, 15) is 4.79 Å². The SMILES string of the molecule is C#CCN1CCCCC1C(=O)Nc1cnc(C(C)(C)C)nc1. The van der Waals surface area contributed by atoms with Gasteiger partial charge in [0.05, 0.1) is 30.7 Å². The van der Waals surface area contributed by atoms with Gasteiger partial charge in [-0.2, -0.15) is 0 Å². The largest absolute Gasteiger partial charge is 0.322 e. The van der Waals surface area contributed by atoms with E-state index < -0.39 is 0 Å². The predicted molar refractivity (Wildman–Crippen MR) is 87.4 cm³/mol. The third-order valence-corrected chi connectivity index (χ3v) is 3.80. The Hall–Kier alpha value is -1.93. The van der Waals surface area contributed by atoms with E-state index in [-0.39, 0.29) is 17.4 Å². The predicted octanol–water partition coefficient (Wildman–Crippen LogP) is 2.20. The molecule has 1 atom stereocenters. The molecule has 0 saturated carbocycles. The van der Waals surface area contributed by atoms with Crippen LogP contribution in [0.25, 0.3) is 0 Å². The van der Waals surface area contributed by atoms with E-state index in [1.54, 1.807) is 12.4 Å². The second kappa shape index (κ2) is 6.89. The Morgan fingerprint density at radius 3 is 2.68 bits per heavy atom. The smallest absolute Gasteiger partial charge is 0.241 e. The second-order valence-corrected chi connectivity index (χ2v) is 6.72. The number of anilines is 1. The molecule has 118 valence electrons. The number of nitrogens with one attached hydrogen (secondary N) is 1. The Labute approximate surface area is 132 Å². The zero-order chi connectivity index (χ0) is 16.2. The van der Waals surface area contributed by atoms with Crippen molar-refractivity contribution in [1.82, 2.24) is 14.9 Å². The Morgan fingerprint density at radius 1 is 1.41 bits per heavy atom. The van der Waals surface area contributed by atoms with Gasteiger partial charge in [-0.15, -0.1) is 6.42 Å². The highest BCUT2D eigenvalue weighted by Gasteiger charge is 2.28. The van der Waals surface area contributed by atoms with Crippen LogP contribution in [0.5, 0.6) is 0 Å². The second-order valence-electron chi connectivity index (χ2n) is 6.72. The molecule has 0 bridgehead atoms. The summed E-state index contributed by atoms with van der Waals surface area (Å²) in [5, 5.41) is 2.90. The summed E-state index contributed by atoms with van der Waals surface area (Å²) in [6.45, 7) is 7.56. The maximum absolute atomic E-state index is 12.5. The molecule has 1 aromatic heterocycles. The monoisotopic (exact) mass is 300 g/mol. The van der Waals surface area contributed by atoms with Gasteiger partial charge in [0.1, 0.15) is 5.82 Å². The molecule has 1 unspecified atom stereocenters. The van der Waals surface area contributed by atoms with E-state index in [2.05, 4.69) is 46.9 Å². The van der Waals surface area contributed by atoms with Crippen LogP contribution in [0.1, 0.15) is 45.9 Å². The number of carbonyl (C=O) groups excluding carboxylic acids is 1. The van der Waals surface area contributed by atoms with Gasteiger partial charge in [-0.3, -0.25) is 9.69 Å². The molecule has 1 saturated heterocycles. The summed E-state index contributed by atoms with van der Waals surface area (Å²) in [6.07, 6.45) is 11.7. The molecule has 0 aromatic carbocycles. The molecular formula is C17H24N4O. The minimum absolute atomic E-state index is 0.0259. The molecule has 5 nitrogen and oxygen atoms in total. The Balaban J connectivity index is 2.03. The lowest BCUT2D eigenvalue weighted by Crippen LogP contribution is -2.47. The van der Waals surface area contributed by atoms with Crippen molar-refractivity contribution in [2.45, 2.75) is 51.5 Å². The van der Waals surface area contributed by atoms with Crippen molar-refractivity contribution in [2.24, 2.45) is 0 Å². The van der Waals surface area contributed by atoms with Crippen molar-refractivity contribution in [1.29, 1.82) is 0 Å². The van der Waals surface area contributed by atoms with Crippen molar-refractivity contribution in [2.75, 3.05) is 18.4 Å². The number of hydrogen-bond donors (Lipinski definition) is 1. The maximum Gasteiger partial charge on any atom is 0.241 e. The molecule has 1 aromatic rings. The molecule has 0 spiro atoms. The summed E-state index contributed by atoms with van der Waals surface area (Å²) in [7, 11) is 0. The quantitative estimate of drug-likeness (QED) is 0.870. The first kappa shape index (κ1) is 16.4. The molecule has 1 amide bonds. The summed E-state index contributed by atoms with van der Waals surface area (Å²) in [4.78, 5) is 23.2. The van der Waals surface area contributed by atoms with Gasteiger partial charge < -0.3 is 5.32 Å². The number of piperidine rings is 1. The number of hydrogen-bond acceptors (Lipinski definition) is 4. The van der Waals surface area contributed by atoms with Crippen LogP contribution in [0.4, 0.5) is 5.69 Å². The van der Waals surface area contributed by atoms with Gasteiger partial charge in [0.25, 0.3) is 0 Å². The van der Waals surface area contributed by atoms with E-state index in [0.29, 0.717) is 12.2 Å². The van der Waals surface area contributed by atoms with E-state index in [1.807, 2.05) is 0 Å². The molecule has 2 heterocycles. The maximum atomic E-state index is 12.5. The molecule has 22 heavy (non-hydrogen) atoms. The summed E-state index contributed by atoms with van der Waals surface area (Å²) >= 11 is 0. The molecule has 1 N–H and O–H groups in total. The Bertz CT molecular complexity index is 554. The first-order valence-electron chi connectivity index (χ1n) is 7.72. The molecular weight excluding hydrogens is 276 g/mol. The first-order chi connectivity index (χ1) is 10.4. The van der Waals surface area contributed by atoms with Crippen LogP contribution in [-0.2, 0) is 10.2 Å². The number of carbonyl (C=O) groups is 1. The van der Waals surface area contributed by atoms with Crippen LogP contribution < -0.4 is 5.32 Å².